The molecule has 1 heterocycles. The minimum Gasteiger partial charge on any atom is -0.303 e. The molecule has 0 N–H and O–H groups in total. The maximum Gasteiger partial charge on any atom is 0.416 e. The predicted molar refractivity (Wildman–Crippen MR) is 99.6 cm³/mol. The van der Waals surface area contributed by atoms with E-state index in [9.17, 15) is 31.1 Å². The van der Waals surface area contributed by atoms with Crippen LogP contribution in [-0.2, 0) is 17.1 Å². The SMILES string of the molecule is CC(C)(C=O)C1CCN(CC#Cc2cc(C(F)(F)F)cc(C(F)(F)F)c2)CC1.Cl. The van der Waals surface area contributed by atoms with Crippen molar-refractivity contribution in [3.63, 3.8) is 0 Å². The molecule has 2 nitrogen and oxygen atoms in total. The molecule has 2 rings (SSSR count). The van der Waals surface area contributed by atoms with Gasteiger partial charge >= 0.3 is 12.4 Å². The monoisotopic (exact) mass is 441 g/mol. The van der Waals surface area contributed by atoms with Crippen molar-refractivity contribution in [2.24, 2.45) is 11.3 Å². The molecular weight excluding hydrogens is 420 g/mol. The van der Waals surface area contributed by atoms with Crippen molar-refractivity contribution in [2.75, 3.05) is 19.6 Å². The Labute approximate surface area is 172 Å². The first-order valence-corrected chi connectivity index (χ1v) is 8.80. The molecule has 0 unspecified atom stereocenters. The van der Waals surface area contributed by atoms with E-state index in [4.69, 9.17) is 0 Å². The molecule has 0 radical (unpaired) electrons. The fourth-order valence-electron chi connectivity index (χ4n) is 3.21. The van der Waals surface area contributed by atoms with Crippen molar-refractivity contribution in [1.29, 1.82) is 0 Å². The molecule has 1 saturated heterocycles. The molecule has 1 fully saturated rings. The summed E-state index contributed by atoms with van der Waals surface area (Å²) in [5.41, 5.74) is -3.48. The van der Waals surface area contributed by atoms with Crippen LogP contribution in [0.3, 0.4) is 0 Å². The van der Waals surface area contributed by atoms with E-state index in [1.807, 2.05) is 18.7 Å². The number of piperidine rings is 1. The van der Waals surface area contributed by atoms with E-state index in [2.05, 4.69) is 11.8 Å². The normalized spacial score (nSPS) is 16.6. The summed E-state index contributed by atoms with van der Waals surface area (Å²) < 4.78 is 77.2. The first-order valence-electron chi connectivity index (χ1n) is 8.80. The van der Waals surface area contributed by atoms with E-state index < -0.39 is 28.9 Å². The van der Waals surface area contributed by atoms with Crippen LogP contribution >= 0.6 is 12.4 Å². The molecular formula is C20H22ClF6NO. The van der Waals surface area contributed by atoms with E-state index in [1.54, 1.807) is 0 Å². The quantitative estimate of drug-likeness (QED) is 0.354. The van der Waals surface area contributed by atoms with Gasteiger partial charge in [-0.15, -0.1) is 12.4 Å². The summed E-state index contributed by atoms with van der Waals surface area (Å²) in [5, 5.41) is 0. The highest BCUT2D eigenvalue weighted by Crippen LogP contribution is 2.36. The van der Waals surface area contributed by atoms with Crippen LogP contribution in [0.25, 0.3) is 0 Å². The molecule has 1 aromatic rings. The number of rotatable bonds is 3. The molecule has 29 heavy (non-hydrogen) atoms. The molecule has 0 aromatic heterocycles. The highest BCUT2D eigenvalue weighted by molar-refractivity contribution is 5.85. The molecule has 0 amide bonds. The van der Waals surface area contributed by atoms with Crippen molar-refractivity contribution >= 4 is 18.7 Å². The van der Waals surface area contributed by atoms with E-state index >= 15 is 0 Å². The number of alkyl halides is 6. The van der Waals surface area contributed by atoms with E-state index in [0.29, 0.717) is 25.2 Å². The average molecular weight is 442 g/mol. The van der Waals surface area contributed by atoms with Crippen LogP contribution in [0.15, 0.2) is 18.2 Å². The molecule has 1 aromatic carbocycles. The molecule has 0 saturated carbocycles. The number of carbonyl (C=O) groups is 1. The zero-order valence-corrected chi connectivity index (χ0v) is 16.8. The second-order valence-corrected chi connectivity index (χ2v) is 7.59. The van der Waals surface area contributed by atoms with Crippen LogP contribution in [0, 0.1) is 23.2 Å². The lowest BCUT2D eigenvalue weighted by molar-refractivity contribution is -0.143. The second kappa shape index (κ2) is 9.40. The van der Waals surface area contributed by atoms with Crippen LogP contribution in [0.2, 0.25) is 0 Å². The minimum absolute atomic E-state index is 0. The maximum absolute atomic E-state index is 12.9. The first-order chi connectivity index (χ1) is 12.8. The second-order valence-electron chi connectivity index (χ2n) is 7.59. The van der Waals surface area contributed by atoms with Crippen LogP contribution in [0.5, 0.6) is 0 Å². The number of benzene rings is 1. The number of aldehydes is 1. The van der Waals surface area contributed by atoms with Crippen LogP contribution in [-0.4, -0.2) is 30.8 Å². The van der Waals surface area contributed by atoms with Gasteiger partial charge in [-0.25, -0.2) is 0 Å². The Morgan fingerprint density at radius 1 is 1.00 bits per heavy atom. The van der Waals surface area contributed by atoms with Crippen molar-refractivity contribution in [2.45, 2.75) is 39.0 Å². The number of halogens is 7. The lowest BCUT2D eigenvalue weighted by Gasteiger charge is -2.37. The van der Waals surface area contributed by atoms with Gasteiger partial charge in [0.15, 0.2) is 0 Å². The zero-order valence-electron chi connectivity index (χ0n) is 16.0. The lowest BCUT2D eigenvalue weighted by atomic mass is 9.75. The van der Waals surface area contributed by atoms with Gasteiger partial charge in [-0.05, 0) is 50.0 Å². The van der Waals surface area contributed by atoms with Crippen LogP contribution in [0.1, 0.15) is 43.4 Å². The molecule has 162 valence electrons. The Kier molecular flexibility index (Phi) is 8.20. The Balaban J connectivity index is 0.00000420. The van der Waals surface area contributed by atoms with E-state index in [0.717, 1.165) is 19.1 Å². The Hall–Kier alpha value is -1.72. The predicted octanol–water partition coefficient (Wildman–Crippen LogP) is 5.43. The lowest BCUT2D eigenvalue weighted by Crippen LogP contribution is -2.39. The molecule has 1 aliphatic heterocycles. The standard InChI is InChI=1S/C20H21F6NO.ClH/c1-18(2,13-28)15-5-8-27(9-6-15)7-3-4-14-10-16(19(21,22)23)12-17(11-14)20(24,25)26;/h10-13,15H,5-9H2,1-2H3;1H. The highest BCUT2D eigenvalue weighted by atomic mass is 35.5. The van der Waals surface area contributed by atoms with Gasteiger partial charge in [0.25, 0.3) is 0 Å². The van der Waals surface area contributed by atoms with E-state index in [-0.39, 0.29) is 36.5 Å². The highest BCUT2D eigenvalue weighted by Gasteiger charge is 2.37. The van der Waals surface area contributed by atoms with Crippen LogP contribution in [0.4, 0.5) is 26.3 Å². The van der Waals surface area contributed by atoms with Crippen molar-refractivity contribution in [3.05, 3.63) is 34.9 Å². The Morgan fingerprint density at radius 2 is 1.48 bits per heavy atom. The van der Waals surface area contributed by atoms with Crippen molar-refractivity contribution < 1.29 is 31.1 Å². The van der Waals surface area contributed by atoms with Gasteiger partial charge < -0.3 is 4.79 Å². The van der Waals surface area contributed by atoms with E-state index in [1.165, 1.54) is 0 Å². The van der Waals surface area contributed by atoms with Gasteiger partial charge in [0.1, 0.15) is 6.29 Å². The maximum atomic E-state index is 12.9. The summed E-state index contributed by atoms with van der Waals surface area (Å²) in [4.78, 5) is 13.1. The summed E-state index contributed by atoms with van der Waals surface area (Å²) in [6.45, 7) is 5.35. The van der Waals surface area contributed by atoms with Gasteiger partial charge in [0.05, 0.1) is 17.7 Å². The van der Waals surface area contributed by atoms with Gasteiger partial charge in [-0.3, -0.25) is 4.90 Å². The number of hydrogen-bond donors (Lipinski definition) is 0. The third-order valence-corrected chi connectivity index (χ3v) is 5.07. The third kappa shape index (κ3) is 6.93. The van der Waals surface area contributed by atoms with Crippen molar-refractivity contribution in [1.82, 2.24) is 4.90 Å². The van der Waals surface area contributed by atoms with Crippen LogP contribution < -0.4 is 0 Å². The smallest absolute Gasteiger partial charge is 0.303 e. The Morgan fingerprint density at radius 3 is 1.90 bits per heavy atom. The average Bonchev–Trinajstić information content (AvgIpc) is 2.60. The Bertz CT molecular complexity index is 736. The zero-order chi connectivity index (χ0) is 21.2. The largest absolute Gasteiger partial charge is 0.416 e. The fourth-order valence-corrected chi connectivity index (χ4v) is 3.21. The summed E-state index contributed by atoms with van der Waals surface area (Å²) in [6, 6.07) is 1.34. The minimum atomic E-state index is -4.88. The van der Waals surface area contributed by atoms with Crippen molar-refractivity contribution in [3.8, 4) is 11.8 Å². The van der Waals surface area contributed by atoms with Gasteiger partial charge in [-0.2, -0.15) is 26.3 Å². The van der Waals surface area contributed by atoms with Gasteiger partial charge in [0.2, 0.25) is 0 Å². The fraction of sp³-hybridized carbons (Fsp3) is 0.550. The molecule has 0 bridgehead atoms. The number of nitrogens with zero attached hydrogens (tertiary/aromatic N) is 1. The summed E-state index contributed by atoms with van der Waals surface area (Å²) >= 11 is 0. The molecule has 0 spiro atoms. The number of hydrogen-bond acceptors (Lipinski definition) is 2. The number of carbonyl (C=O) groups excluding carboxylic acids is 1. The molecule has 9 heteroatoms. The topological polar surface area (TPSA) is 20.3 Å². The molecule has 1 aliphatic rings. The summed E-state index contributed by atoms with van der Waals surface area (Å²) in [6.07, 6.45) is -7.25. The number of likely N-dealkylation sites (tertiary alicyclic amines) is 1. The molecule has 0 aliphatic carbocycles. The summed E-state index contributed by atoms with van der Waals surface area (Å²) in [7, 11) is 0. The third-order valence-electron chi connectivity index (χ3n) is 5.07. The van der Waals surface area contributed by atoms with Gasteiger partial charge in [0, 0.05) is 11.0 Å². The first kappa shape index (κ1) is 25.3. The summed E-state index contributed by atoms with van der Waals surface area (Å²) in [5.74, 6) is 5.33. The van der Waals surface area contributed by atoms with Gasteiger partial charge in [-0.1, -0.05) is 25.7 Å². The molecule has 0 atom stereocenters.